The normalized spacial score (nSPS) is 12.3. The maximum absolute atomic E-state index is 13.5. The molecule has 0 spiro atoms. The average molecular weight is 452 g/mol. The Labute approximate surface area is 185 Å². The summed E-state index contributed by atoms with van der Waals surface area (Å²) in [6, 6.07) is 21.2. The number of rotatable bonds is 5. The van der Waals surface area contributed by atoms with Crippen molar-refractivity contribution in [3.8, 4) is 5.75 Å². The standard InChI is InChI=1S/C24H21NO4S2/c1-16-10-12-20(13-11-16)31(26,27)22-14-17-6-4-9-21(28-2)23(17)29-24(22)25-18-7-5-8-19(15-18)30-3/h4-15H,1-3H3. The molecule has 0 bridgehead atoms. The average Bonchev–Trinajstić information content (AvgIpc) is 2.78. The molecule has 5 nitrogen and oxygen atoms in total. The van der Waals surface area contributed by atoms with Crippen LogP contribution in [0, 0.1) is 6.92 Å². The van der Waals surface area contributed by atoms with Gasteiger partial charge in [-0.1, -0.05) is 35.9 Å². The number of benzene rings is 3. The van der Waals surface area contributed by atoms with Gasteiger partial charge in [0.2, 0.25) is 15.4 Å². The van der Waals surface area contributed by atoms with E-state index in [-0.39, 0.29) is 15.3 Å². The monoisotopic (exact) mass is 451 g/mol. The van der Waals surface area contributed by atoms with Crippen LogP contribution in [0.1, 0.15) is 5.56 Å². The number of nitrogens with zero attached hydrogens (tertiary/aromatic N) is 1. The van der Waals surface area contributed by atoms with Crippen molar-refractivity contribution < 1.29 is 17.6 Å². The van der Waals surface area contributed by atoms with E-state index in [0.29, 0.717) is 22.4 Å². The highest BCUT2D eigenvalue weighted by Crippen LogP contribution is 2.28. The number of thioether (sulfide) groups is 1. The number of sulfone groups is 1. The SMILES string of the molecule is COc1cccc2cc(S(=O)(=O)c3ccc(C)cc3)c(=Nc3cccc(SC)c3)oc12. The third kappa shape index (κ3) is 4.24. The van der Waals surface area contributed by atoms with Crippen molar-refractivity contribution in [2.24, 2.45) is 4.99 Å². The first-order valence-electron chi connectivity index (χ1n) is 9.54. The molecule has 0 amide bonds. The lowest BCUT2D eigenvalue weighted by atomic mass is 10.2. The van der Waals surface area contributed by atoms with Gasteiger partial charge >= 0.3 is 0 Å². The summed E-state index contributed by atoms with van der Waals surface area (Å²) in [5.74, 6) is 0.506. The quantitative estimate of drug-likeness (QED) is 0.373. The van der Waals surface area contributed by atoms with E-state index in [1.165, 1.54) is 0 Å². The molecule has 158 valence electrons. The van der Waals surface area contributed by atoms with Gasteiger partial charge in [0.05, 0.1) is 17.7 Å². The summed E-state index contributed by atoms with van der Waals surface area (Å²) in [6.07, 6.45) is 1.97. The Morgan fingerprint density at radius 1 is 0.968 bits per heavy atom. The molecule has 0 aliphatic rings. The van der Waals surface area contributed by atoms with Gasteiger partial charge in [-0.05, 0) is 55.6 Å². The fraction of sp³-hybridized carbons (Fsp3) is 0.125. The molecule has 0 fully saturated rings. The molecule has 0 aliphatic carbocycles. The lowest BCUT2D eigenvalue weighted by Crippen LogP contribution is -2.16. The van der Waals surface area contributed by atoms with E-state index in [4.69, 9.17) is 9.15 Å². The van der Waals surface area contributed by atoms with Crippen LogP contribution < -0.4 is 10.3 Å². The molecule has 31 heavy (non-hydrogen) atoms. The van der Waals surface area contributed by atoms with Crippen LogP contribution >= 0.6 is 11.8 Å². The molecule has 4 aromatic rings. The van der Waals surface area contributed by atoms with Crippen LogP contribution in [-0.4, -0.2) is 21.8 Å². The predicted molar refractivity (Wildman–Crippen MR) is 123 cm³/mol. The van der Waals surface area contributed by atoms with Gasteiger partial charge in [0.15, 0.2) is 11.3 Å². The van der Waals surface area contributed by atoms with Crippen molar-refractivity contribution in [3.63, 3.8) is 0 Å². The fourth-order valence-corrected chi connectivity index (χ4v) is 4.98. The van der Waals surface area contributed by atoms with Gasteiger partial charge in [-0.25, -0.2) is 13.4 Å². The Morgan fingerprint density at radius 3 is 2.42 bits per heavy atom. The van der Waals surface area contributed by atoms with Crippen molar-refractivity contribution in [2.45, 2.75) is 21.6 Å². The number of para-hydroxylation sites is 1. The van der Waals surface area contributed by atoms with E-state index < -0.39 is 9.84 Å². The van der Waals surface area contributed by atoms with Crippen molar-refractivity contribution in [1.82, 2.24) is 0 Å². The Kier molecular flexibility index (Phi) is 5.89. The topological polar surface area (TPSA) is 68.9 Å². The number of aryl methyl sites for hydroxylation is 1. The smallest absolute Gasteiger partial charge is 0.239 e. The molecular formula is C24H21NO4S2. The van der Waals surface area contributed by atoms with Crippen LogP contribution in [0.15, 0.2) is 96.9 Å². The first-order chi connectivity index (χ1) is 14.9. The van der Waals surface area contributed by atoms with Gasteiger partial charge in [0, 0.05) is 10.3 Å². The highest BCUT2D eigenvalue weighted by molar-refractivity contribution is 7.98. The molecule has 3 aromatic carbocycles. The second kappa shape index (κ2) is 8.61. The van der Waals surface area contributed by atoms with Crippen LogP contribution in [0.4, 0.5) is 5.69 Å². The molecule has 1 heterocycles. The summed E-state index contributed by atoms with van der Waals surface area (Å²) >= 11 is 1.58. The minimum atomic E-state index is -3.87. The maximum atomic E-state index is 13.5. The molecule has 0 saturated carbocycles. The minimum Gasteiger partial charge on any atom is -0.493 e. The van der Waals surface area contributed by atoms with Crippen molar-refractivity contribution >= 4 is 38.3 Å². The van der Waals surface area contributed by atoms with Crippen molar-refractivity contribution in [2.75, 3.05) is 13.4 Å². The summed E-state index contributed by atoms with van der Waals surface area (Å²) in [6.45, 7) is 1.91. The predicted octanol–water partition coefficient (Wildman–Crippen LogP) is 5.54. The Morgan fingerprint density at radius 2 is 1.71 bits per heavy atom. The first-order valence-corrected chi connectivity index (χ1v) is 12.2. The zero-order chi connectivity index (χ0) is 22.0. The van der Waals surface area contributed by atoms with Crippen molar-refractivity contribution in [3.05, 3.63) is 83.9 Å². The fourth-order valence-electron chi connectivity index (χ4n) is 3.18. The Hall–Kier alpha value is -3.03. The second-order valence-electron chi connectivity index (χ2n) is 6.92. The second-order valence-corrected chi connectivity index (χ2v) is 9.72. The third-order valence-electron chi connectivity index (χ3n) is 4.83. The van der Waals surface area contributed by atoms with E-state index in [9.17, 15) is 8.42 Å². The van der Waals surface area contributed by atoms with Gasteiger partial charge in [0.1, 0.15) is 4.90 Å². The van der Waals surface area contributed by atoms with E-state index in [1.807, 2.05) is 37.4 Å². The molecule has 0 saturated heterocycles. The van der Waals surface area contributed by atoms with E-state index in [0.717, 1.165) is 10.5 Å². The lowest BCUT2D eigenvalue weighted by Gasteiger charge is -2.09. The van der Waals surface area contributed by atoms with Crippen molar-refractivity contribution in [1.29, 1.82) is 0 Å². The first kappa shape index (κ1) is 21.2. The third-order valence-corrected chi connectivity index (χ3v) is 7.32. The minimum absolute atomic E-state index is 0.00617. The largest absolute Gasteiger partial charge is 0.493 e. The van der Waals surface area contributed by atoms with Crippen LogP contribution in [0.5, 0.6) is 5.75 Å². The molecule has 0 atom stereocenters. The van der Waals surface area contributed by atoms with Crippen LogP contribution in [0.2, 0.25) is 0 Å². The molecule has 7 heteroatoms. The number of fused-ring (bicyclic) bond motifs is 1. The summed E-state index contributed by atoms with van der Waals surface area (Å²) in [5.41, 5.74) is 2.03. The number of methoxy groups -OCH3 is 1. The number of hydrogen-bond donors (Lipinski definition) is 0. The summed E-state index contributed by atoms with van der Waals surface area (Å²) in [4.78, 5) is 5.78. The molecule has 0 radical (unpaired) electrons. The number of ether oxygens (including phenoxy) is 1. The molecule has 0 unspecified atom stereocenters. The zero-order valence-electron chi connectivity index (χ0n) is 17.3. The molecule has 0 N–H and O–H groups in total. The Bertz CT molecular complexity index is 1420. The Balaban J connectivity index is 2.04. The summed E-state index contributed by atoms with van der Waals surface area (Å²) in [7, 11) is -2.33. The molecule has 4 rings (SSSR count). The molecular weight excluding hydrogens is 430 g/mol. The van der Waals surface area contributed by atoms with Crippen LogP contribution in [-0.2, 0) is 9.84 Å². The van der Waals surface area contributed by atoms with E-state index in [2.05, 4.69) is 4.99 Å². The summed E-state index contributed by atoms with van der Waals surface area (Å²) < 4.78 is 38.5. The van der Waals surface area contributed by atoms with E-state index in [1.54, 1.807) is 67.4 Å². The van der Waals surface area contributed by atoms with Crippen LogP contribution in [0.25, 0.3) is 11.0 Å². The van der Waals surface area contributed by atoms with E-state index >= 15 is 0 Å². The van der Waals surface area contributed by atoms with Gasteiger partial charge < -0.3 is 9.15 Å². The molecule has 1 aromatic heterocycles. The highest BCUT2D eigenvalue weighted by atomic mass is 32.2. The lowest BCUT2D eigenvalue weighted by molar-refractivity contribution is 0.404. The van der Waals surface area contributed by atoms with Gasteiger partial charge in [-0.2, -0.15) is 0 Å². The van der Waals surface area contributed by atoms with Gasteiger partial charge in [-0.15, -0.1) is 11.8 Å². The maximum Gasteiger partial charge on any atom is 0.239 e. The number of hydrogen-bond acceptors (Lipinski definition) is 6. The summed E-state index contributed by atoms with van der Waals surface area (Å²) in [5, 5.41) is 0.613. The van der Waals surface area contributed by atoms with Crippen LogP contribution in [0.3, 0.4) is 0 Å². The van der Waals surface area contributed by atoms with Gasteiger partial charge in [-0.3, -0.25) is 0 Å². The molecule has 0 aliphatic heterocycles. The highest BCUT2D eigenvalue weighted by Gasteiger charge is 2.23. The zero-order valence-corrected chi connectivity index (χ0v) is 19.0. The van der Waals surface area contributed by atoms with Gasteiger partial charge in [0.25, 0.3) is 0 Å².